The molecule has 0 fully saturated rings. The Morgan fingerprint density at radius 2 is 0.511 bits per heavy atom. The van der Waals surface area contributed by atoms with Gasteiger partial charge in [-0.25, -0.2) is 0 Å². The molecular formula is C21H30N3Na3O18. The molecule has 0 aliphatic rings. The van der Waals surface area contributed by atoms with Gasteiger partial charge in [0.1, 0.15) is 0 Å². The Bertz CT molecular complexity index is 843. The Balaban J connectivity index is -0.000000123. The average molecular weight is 681 g/mol. The third kappa shape index (κ3) is 31.9. The zero-order chi connectivity index (χ0) is 33.9. The molecule has 240 valence electrons. The van der Waals surface area contributed by atoms with Crippen molar-refractivity contribution < 1.29 is 178 Å². The van der Waals surface area contributed by atoms with Gasteiger partial charge in [-0.1, -0.05) is 0 Å². The summed E-state index contributed by atoms with van der Waals surface area (Å²) in [7, 11) is 0. The topological polar surface area (TPSA) is 354 Å². The maximum atomic E-state index is 10.4. The normalized spacial score (nSPS) is 11.6. The van der Waals surface area contributed by atoms with Crippen LogP contribution in [0.5, 0.6) is 0 Å². The first-order valence-corrected chi connectivity index (χ1v) is 11.2. The van der Waals surface area contributed by atoms with Crippen LogP contribution in [0.15, 0.2) is 0 Å². The van der Waals surface area contributed by atoms with Crippen LogP contribution in [0.4, 0.5) is 0 Å². The fraction of sp³-hybridized carbons (Fsp3) is 0.571. The quantitative estimate of drug-likeness (QED) is 0.0731. The molecule has 45 heavy (non-hydrogen) atoms. The number of carbonyl (C=O) groups excluding carboxylic acids is 3. The van der Waals surface area contributed by atoms with E-state index in [4.69, 9.17) is 30.6 Å². The number of carboxylic acids is 9. The maximum Gasteiger partial charge on any atom is 1.00 e. The molecule has 24 heteroatoms. The van der Waals surface area contributed by atoms with Gasteiger partial charge in [0.25, 0.3) is 0 Å². The number of aliphatic carboxylic acids is 9. The Labute approximate surface area is 321 Å². The van der Waals surface area contributed by atoms with Crippen LogP contribution in [-0.4, -0.2) is 156 Å². The van der Waals surface area contributed by atoms with Crippen LogP contribution < -0.4 is 104 Å². The summed E-state index contributed by atoms with van der Waals surface area (Å²) in [6.07, 6.45) is 0. The van der Waals surface area contributed by atoms with Crippen molar-refractivity contribution in [3.8, 4) is 0 Å². The molecule has 0 amide bonds. The third-order valence-electron chi connectivity index (χ3n) is 4.70. The van der Waals surface area contributed by atoms with Crippen LogP contribution in [0.1, 0.15) is 20.8 Å². The van der Waals surface area contributed by atoms with Crippen molar-refractivity contribution in [1.82, 2.24) is 14.7 Å². The van der Waals surface area contributed by atoms with E-state index >= 15 is 0 Å². The van der Waals surface area contributed by atoms with Gasteiger partial charge in [0.15, 0.2) is 0 Å². The first-order valence-electron chi connectivity index (χ1n) is 11.2. The minimum Gasteiger partial charge on any atom is -0.548 e. The molecule has 0 aliphatic heterocycles. The largest absolute Gasteiger partial charge is 1.00 e. The first kappa shape index (κ1) is 55.5. The van der Waals surface area contributed by atoms with E-state index in [1.54, 1.807) is 0 Å². The van der Waals surface area contributed by atoms with Crippen molar-refractivity contribution >= 4 is 53.7 Å². The second-order valence-electron chi connectivity index (χ2n) is 8.06. The molecule has 0 radical (unpaired) electrons. The van der Waals surface area contributed by atoms with Crippen LogP contribution in [0.25, 0.3) is 0 Å². The number of hydrogen-bond acceptors (Lipinski definition) is 15. The van der Waals surface area contributed by atoms with Crippen molar-refractivity contribution in [2.75, 3.05) is 39.3 Å². The summed E-state index contributed by atoms with van der Waals surface area (Å²) >= 11 is 0. The van der Waals surface area contributed by atoms with Gasteiger partial charge < -0.3 is 60.3 Å². The number of hydrogen-bond donors (Lipinski definition) is 6. The summed E-state index contributed by atoms with van der Waals surface area (Å²) < 4.78 is 0. The zero-order valence-electron chi connectivity index (χ0n) is 25.4. The minimum atomic E-state index is -1.51. The Morgan fingerprint density at radius 1 is 0.400 bits per heavy atom. The van der Waals surface area contributed by atoms with Crippen LogP contribution in [0.2, 0.25) is 0 Å². The molecule has 21 nitrogen and oxygen atoms in total. The van der Waals surface area contributed by atoms with Gasteiger partial charge in [-0.2, -0.15) is 0 Å². The van der Waals surface area contributed by atoms with E-state index in [1.807, 2.05) is 0 Å². The molecule has 0 heterocycles. The predicted molar refractivity (Wildman–Crippen MR) is 124 cm³/mol. The smallest absolute Gasteiger partial charge is 0.548 e. The molecular weight excluding hydrogens is 651 g/mol. The maximum absolute atomic E-state index is 10.4. The van der Waals surface area contributed by atoms with E-state index < -0.39 is 111 Å². The molecule has 0 bridgehead atoms. The van der Waals surface area contributed by atoms with Crippen LogP contribution in [-0.2, 0) is 43.2 Å². The molecule has 3 atom stereocenters. The molecule has 0 aromatic heterocycles. The summed E-state index contributed by atoms with van der Waals surface area (Å²) in [6.45, 7) is -0.404. The molecule has 0 saturated carbocycles. The third-order valence-corrected chi connectivity index (χ3v) is 4.70. The fourth-order valence-electron chi connectivity index (χ4n) is 2.48. The number of nitrogens with zero attached hydrogens (tertiary/aromatic N) is 3. The van der Waals surface area contributed by atoms with E-state index in [-0.39, 0.29) is 88.7 Å². The monoisotopic (exact) mass is 681 g/mol. The van der Waals surface area contributed by atoms with Crippen molar-refractivity contribution in [3.63, 3.8) is 0 Å². The molecule has 6 N–H and O–H groups in total. The van der Waals surface area contributed by atoms with E-state index in [9.17, 15) is 58.5 Å². The SMILES string of the molecule is C[C@@H](C(=O)[O-])N(CC(=O)O)CC(=O)O.C[C@@H](C(=O)[O-])N(CC(=O)O)CC(=O)O.C[C@@H](C(=O)[O-])N(CC(=O)O)CC(=O)O.[Na+].[Na+].[Na+]. The Kier molecular flexibility index (Phi) is 36.4. The van der Waals surface area contributed by atoms with Crippen LogP contribution >= 0.6 is 0 Å². The van der Waals surface area contributed by atoms with Gasteiger partial charge in [-0.3, -0.25) is 43.5 Å². The predicted octanol–water partition coefficient (Wildman–Crippen LogP) is -16.2. The van der Waals surface area contributed by atoms with Gasteiger partial charge in [-0.15, -0.1) is 0 Å². The summed E-state index contributed by atoms with van der Waals surface area (Å²) in [4.78, 5) is 95.1. The standard InChI is InChI=1S/3C7H11NO6.3Na/c3*1-4(7(13)14)8(2-5(9)10)3-6(11)12;;;/h3*4H,2-3H2,1H3,(H,9,10)(H,11,12)(H,13,14);;;/q;;;3*+1/p-3/t3*4-;;;/m000.../s1. The van der Waals surface area contributed by atoms with Crippen molar-refractivity contribution in [3.05, 3.63) is 0 Å². The summed E-state index contributed by atoms with van der Waals surface area (Å²) in [5.74, 6) is -12.3. The van der Waals surface area contributed by atoms with Crippen molar-refractivity contribution in [2.45, 2.75) is 38.9 Å². The van der Waals surface area contributed by atoms with Gasteiger partial charge in [-0.05, 0) is 20.8 Å². The minimum absolute atomic E-state index is 0. The van der Waals surface area contributed by atoms with Gasteiger partial charge >= 0.3 is 124 Å². The van der Waals surface area contributed by atoms with Crippen molar-refractivity contribution in [1.29, 1.82) is 0 Å². The van der Waals surface area contributed by atoms with Crippen molar-refractivity contribution in [2.24, 2.45) is 0 Å². The average Bonchev–Trinajstić information content (AvgIpc) is 2.80. The fourth-order valence-corrected chi connectivity index (χ4v) is 2.48. The second-order valence-corrected chi connectivity index (χ2v) is 8.06. The number of carboxylic acid groups (broad SMARTS) is 9. The molecule has 0 saturated heterocycles. The van der Waals surface area contributed by atoms with E-state index in [0.717, 1.165) is 14.7 Å². The van der Waals surface area contributed by atoms with Crippen LogP contribution in [0, 0.1) is 0 Å². The molecule has 0 aliphatic carbocycles. The second kappa shape index (κ2) is 29.5. The van der Waals surface area contributed by atoms with Gasteiger partial charge in [0.2, 0.25) is 0 Å². The molecule has 0 rings (SSSR count). The molecule has 0 aromatic rings. The molecule has 0 aromatic carbocycles. The van der Waals surface area contributed by atoms with E-state index in [2.05, 4.69) is 0 Å². The van der Waals surface area contributed by atoms with Gasteiger partial charge in [0, 0.05) is 18.1 Å². The van der Waals surface area contributed by atoms with E-state index in [0.29, 0.717) is 0 Å². The number of rotatable bonds is 18. The summed E-state index contributed by atoms with van der Waals surface area (Å²) in [5, 5.41) is 81.4. The Hall–Kier alpha value is -1.89. The number of carbonyl (C=O) groups is 9. The van der Waals surface area contributed by atoms with Crippen LogP contribution in [0.3, 0.4) is 0 Å². The molecule has 0 unspecified atom stereocenters. The molecule has 0 spiro atoms. The summed E-state index contributed by atoms with van der Waals surface area (Å²) in [6, 6.07) is -3.74. The van der Waals surface area contributed by atoms with Gasteiger partial charge in [0.05, 0.1) is 57.2 Å². The van der Waals surface area contributed by atoms with E-state index in [1.165, 1.54) is 20.8 Å². The summed E-state index contributed by atoms with van der Waals surface area (Å²) in [5.41, 5.74) is 0. The zero-order valence-corrected chi connectivity index (χ0v) is 31.4. The first-order chi connectivity index (χ1) is 19.0. The Morgan fingerprint density at radius 3 is 0.578 bits per heavy atom.